The molecule has 0 aliphatic rings. The summed E-state index contributed by atoms with van der Waals surface area (Å²) < 4.78 is 0. The van der Waals surface area contributed by atoms with E-state index in [2.05, 4.69) is 53.1 Å². The lowest BCUT2D eigenvalue weighted by Gasteiger charge is -2.26. The summed E-state index contributed by atoms with van der Waals surface area (Å²) in [5.41, 5.74) is 0.669. The fourth-order valence-electron chi connectivity index (χ4n) is 1.25. The standard InChI is InChI=1S/C12H14Br3NO/c13-7-12(8-14,9-15)11(17)16-6-10-4-2-1-3-5-10/h1-5H,6-9H2,(H,16,17). The van der Waals surface area contributed by atoms with Crippen LogP contribution in [-0.2, 0) is 11.3 Å². The SMILES string of the molecule is O=C(NCc1ccccc1)C(CBr)(CBr)CBr. The lowest BCUT2D eigenvalue weighted by Crippen LogP contribution is -2.44. The third kappa shape index (κ3) is 4.07. The second-order valence-corrected chi connectivity index (χ2v) is 5.53. The van der Waals surface area contributed by atoms with Gasteiger partial charge < -0.3 is 5.32 Å². The average molecular weight is 428 g/mol. The van der Waals surface area contributed by atoms with E-state index in [4.69, 9.17) is 0 Å². The molecule has 0 aromatic heterocycles. The minimum atomic E-state index is -0.436. The van der Waals surface area contributed by atoms with Crippen LogP contribution in [0.15, 0.2) is 30.3 Å². The highest BCUT2D eigenvalue weighted by atomic mass is 79.9. The predicted molar refractivity (Wildman–Crippen MR) is 82.1 cm³/mol. The Labute approximate surface area is 127 Å². The second kappa shape index (κ2) is 7.54. The van der Waals surface area contributed by atoms with Gasteiger partial charge in [0.15, 0.2) is 0 Å². The lowest BCUT2D eigenvalue weighted by atomic mass is 9.95. The van der Waals surface area contributed by atoms with Gasteiger partial charge in [-0.3, -0.25) is 4.79 Å². The summed E-state index contributed by atoms with van der Waals surface area (Å²) in [6.45, 7) is 0.564. The summed E-state index contributed by atoms with van der Waals surface area (Å²) in [5.74, 6) is 0.0481. The summed E-state index contributed by atoms with van der Waals surface area (Å²) in [7, 11) is 0. The van der Waals surface area contributed by atoms with E-state index < -0.39 is 5.41 Å². The highest BCUT2D eigenvalue weighted by Crippen LogP contribution is 2.26. The van der Waals surface area contributed by atoms with Crippen molar-refractivity contribution in [2.75, 3.05) is 16.0 Å². The Morgan fingerprint density at radius 3 is 2.06 bits per heavy atom. The van der Waals surface area contributed by atoms with Crippen LogP contribution in [0.5, 0.6) is 0 Å². The van der Waals surface area contributed by atoms with Crippen LogP contribution < -0.4 is 5.32 Å². The Balaban J connectivity index is 2.60. The number of nitrogens with one attached hydrogen (secondary N) is 1. The molecule has 0 saturated heterocycles. The van der Waals surface area contributed by atoms with Gasteiger partial charge in [0.05, 0.1) is 5.41 Å². The van der Waals surface area contributed by atoms with Crippen molar-refractivity contribution in [2.24, 2.45) is 5.41 Å². The van der Waals surface area contributed by atoms with E-state index in [1.54, 1.807) is 0 Å². The van der Waals surface area contributed by atoms with E-state index in [1.165, 1.54) is 0 Å². The quantitative estimate of drug-likeness (QED) is 0.692. The number of benzene rings is 1. The topological polar surface area (TPSA) is 29.1 Å². The molecule has 1 aromatic rings. The summed E-state index contributed by atoms with van der Waals surface area (Å²) in [5, 5.41) is 4.83. The van der Waals surface area contributed by atoms with Gasteiger partial charge in [-0.05, 0) is 5.56 Å². The molecule has 0 aliphatic heterocycles. The summed E-state index contributed by atoms with van der Waals surface area (Å²) in [6.07, 6.45) is 0. The van der Waals surface area contributed by atoms with Gasteiger partial charge in [-0.1, -0.05) is 78.1 Å². The van der Waals surface area contributed by atoms with Crippen molar-refractivity contribution in [3.05, 3.63) is 35.9 Å². The maximum absolute atomic E-state index is 12.1. The summed E-state index contributed by atoms with van der Waals surface area (Å²) in [6, 6.07) is 9.89. The van der Waals surface area contributed by atoms with E-state index in [0.717, 1.165) is 5.56 Å². The highest BCUT2D eigenvalue weighted by Gasteiger charge is 2.35. The van der Waals surface area contributed by atoms with E-state index >= 15 is 0 Å². The Morgan fingerprint density at radius 1 is 1.06 bits per heavy atom. The number of amides is 1. The minimum Gasteiger partial charge on any atom is -0.351 e. The third-order valence-corrected chi connectivity index (χ3v) is 5.77. The molecule has 0 bridgehead atoms. The smallest absolute Gasteiger partial charge is 0.229 e. The number of carbonyl (C=O) groups excluding carboxylic acids is 1. The van der Waals surface area contributed by atoms with Gasteiger partial charge in [-0.2, -0.15) is 0 Å². The van der Waals surface area contributed by atoms with Gasteiger partial charge in [0, 0.05) is 22.5 Å². The van der Waals surface area contributed by atoms with Crippen LogP contribution in [0.3, 0.4) is 0 Å². The molecule has 0 spiro atoms. The van der Waals surface area contributed by atoms with E-state index in [0.29, 0.717) is 22.5 Å². The molecule has 0 aliphatic carbocycles. The largest absolute Gasteiger partial charge is 0.351 e. The molecule has 1 N–H and O–H groups in total. The first-order valence-corrected chi connectivity index (χ1v) is 8.55. The van der Waals surface area contributed by atoms with Crippen LogP contribution in [0.1, 0.15) is 5.56 Å². The van der Waals surface area contributed by atoms with E-state index in [-0.39, 0.29) is 5.91 Å². The molecule has 0 fully saturated rings. The second-order valence-electron chi connectivity index (χ2n) is 3.85. The Kier molecular flexibility index (Phi) is 6.74. The molecule has 94 valence electrons. The van der Waals surface area contributed by atoms with Crippen LogP contribution >= 0.6 is 47.8 Å². The van der Waals surface area contributed by atoms with Gasteiger partial charge >= 0.3 is 0 Å². The predicted octanol–water partition coefficient (Wildman–Crippen LogP) is 3.47. The lowest BCUT2D eigenvalue weighted by molar-refractivity contribution is -0.127. The van der Waals surface area contributed by atoms with Gasteiger partial charge in [0.2, 0.25) is 5.91 Å². The van der Waals surface area contributed by atoms with Crippen LogP contribution in [-0.4, -0.2) is 21.9 Å². The number of rotatable bonds is 6. The van der Waals surface area contributed by atoms with E-state index in [9.17, 15) is 4.79 Å². The first kappa shape index (κ1) is 15.2. The van der Waals surface area contributed by atoms with Crippen LogP contribution in [0.2, 0.25) is 0 Å². The molecule has 17 heavy (non-hydrogen) atoms. The first-order valence-electron chi connectivity index (χ1n) is 5.18. The molecule has 0 saturated carbocycles. The van der Waals surface area contributed by atoms with Crippen LogP contribution in [0.4, 0.5) is 0 Å². The molecule has 1 rings (SSSR count). The molecule has 1 aromatic carbocycles. The molecule has 2 nitrogen and oxygen atoms in total. The molecule has 0 radical (unpaired) electrons. The van der Waals surface area contributed by atoms with Gasteiger partial charge in [0.1, 0.15) is 0 Å². The fourth-order valence-corrected chi connectivity index (χ4v) is 4.80. The third-order valence-electron chi connectivity index (χ3n) is 2.54. The number of hydrogen-bond donors (Lipinski definition) is 1. The van der Waals surface area contributed by atoms with Crippen molar-refractivity contribution < 1.29 is 4.79 Å². The molecular formula is C12H14Br3NO. The summed E-state index contributed by atoms with van der Waals surface area (Å²) in [4.78, 5) is 12.1. The van der Waals surface area contributed by atoms with Crippen molar-refractivity contribution >= 4 is 53.7 Å². The van der Waals surface area contributed by atoms with Crippen molar-refractivity contribution in [3.8, 4) is 0 Å². The molecule has 0 unspecified atom stereocenters. The van der Waals surface area contributed by atoms with Gasteiger partial charge in [-0.25, -0.2) is 0 Å². The van der Waals surface area contributed by atoms with Crippen molar-refractivity contribution in [1.82, 2.24) is 5.32 Å². The van der Waals surface area contributed by atoms with Crippen LogP contribution in [0.25, 0.3) is 0 Å². The first-order chi connectivity index (χ1) is 8.18. The van der Waals surface area contributed by atoms with Gasteiger partial charge in [0.25, 0.3) is 0 Å². The maximum atomic E-state index is 12.1. The number of hydrogen-bond acceptors (Lipinski definition) is 1. The minimum absolute atomic E-state index is 0.0481. The zero-order valence-electron chi connectivity index (χ0n) is 9.26. The zero-order chi connectivity index (χ0) is 12.7. The van der Waals surface area contributed by atoms with Gasteiger partial charge in [-0.15, -0.1) is 0 Å². The number of halogens is 3. The average Bonchev–Trinajstić information content (AvgIpc) is 2.40. The van der Waals surface area contributed by atoms with Crippen LogP contribution in [0, 0.1) is 5.41 Å². The highest BCUT2D eigenvalue weighted by molar-refractivity contribution is 9.10. The Morgan fingerprint density at radius 2 is 1.59 bits per heavy atom. The molecular weight excluding hydrogens is 414 g/mol. The Hall–Kier alpha value is 0.130. The summed E-state index contributed by atoms with van der Waals surface area (Å²) >= 11 is 10.2. The molecule has 1 amide bonds. The Bertz CT molecular complexity index is 344. The normalized spacial score (nSPS) is 11.2. The number of alkyl halides is 3. The molecule has 5 heteroatoms. The van der Waals surface area contributed by atoms with E-state index in [1.807, 2.05) is 30.3 Å². The molecule has 0 atom stereocenters. The maximum Gasteiger partial charge on any atom is 0.229 e. The molecule has 0 heterocycles. The van der Waals surface area contributed by atoms with Crippen molar-refractivity contribution in [2.45, 2.75) is 6.54 Å². The van der Waals surface area contributed by atoms with Crippen molar-refractivity contribution in [3.63, 3.8) is 0 Å². The fraction of sp³-hybridized carbons (Fsp3) is 0.417. The number of carbonyl (C=O) groups is 1. The van der Waals surface area contributed by atoms with Crippen molar-refractivity contribution in [1.29, 1.82) is 0 Å². The monoisotopic (exact) mass is 425 g/mol. The zero-order valence-corrected chi connectivity index (χ0v) is 14.0.